The topological polar surface area (TPSA) is 71.6 Å². The van der Waals surface area contributed by atoms with E-state index in [1.54, 1.807) is 0 Å². The first-order valence-corrected chi connectivity index (χ1v) is 6.64. The fourth-order valence-corrected chi connectivity index (χ4v) is 2.86. The van der Waals surface area contributed by atoms with E-state index in [1.807, 2.05) is 36.4 Å². The van der Waals surface area contributed by atoms with Crippen LogP contribution in [0.25, 0.3) is 5.57 Å². The van der Waals surface area contributed by atoms with Crippen molar-refractivity contribution in [3.8, 4) is 12.1 Å². The molecule has 1 atom stereocenters. The van der Waals surface area contributed by atoms with Crippen LogP contribution in [-0.2, 0) is 0 Å². The molecule has 1 aliphatic carbocycles. The molecule has 0 bridgehead atoms. The van der Waals surface area contributed by atoms with Gasteiger partial charge in [-0.05, 0) is 11.1 Å². The van der Waals surface area contributed by atoms with Crippen molar-refractivity contribution in [3.05, 3.63) is 53.1 Å². The molecule has 0 spiro atoms. The maximum absolute atomic E-state index is 9.09. The molecule has 0 radical (unpaired) electrons. The predicted molar refractivity (Wildman–Crippen MR) is 76.3 cm³/mol. The molecule has 4 nitrogen and oxygen atoms in total. The van der Waals surface area contributed by atoms with Crippen molar-refractivity contribution in [2.24, 2.45) is 0 Å². The van der Waals surface area contributed by atoms with Crippen LogP contribution in [0.15, 0.2) is 42.0 Å². The molecule has 1 unspecified atom stereocenters. The van der Waals surface area contributed by atoms with Crippen LogP contribution in [0.1, 0.15) is 17.0 Å². The minimum absolute atomic E-state index is 0.166. The molecule has 0 aromatic heterocycles. The largest absolute Gasteiger partial charge is 0.300 e. The average molecular weight is 262 g/mol. The van der Waals surface area contributed by atoms with Crippen LogP contribution in [0.3, 0.4) is 0 Å². The number of nitriles is 2. The third-order valence-electron chi connectivity index (χ3n) is 3.79. The van der Waals surface area contributed by atoms with Gasteiger partial charge in [0.15, 0.2) is 0 Å². The molecule has 1 aromatic carbocycles. The van der Waals surface area contributed by atoms with E-state index in [0.29, 0.717) is 0 Å². The second-order valence-corrected chi connectivity index (χ2v) is 4.87. The van der Waals surface area contributed by atoms with Crippen LogP contribution in [0.4, 0.5) is 0 Å². The summed E-state index contributed by atoms with van der Waals surface area (Å²) in [6, 6.07) is 11.9. The van der Waals surface area contributed by atoms with E-state index in [0.717, 1.165) is 29.8 Å². The molecule has 2 N–H and O–H groups in total. The lowest BCUT2D eigenvalue weighted by molar-refractivity contribution is 0.504. The van der Waals surface area contributed by atoms with Crippen molar-refractivity contribution in [2.75, 3.05) is 13.1 Å². The van der Waals surface area contributed by atoms with E-state index in [9.17, 15) is 0 Å². The fraction of sp³-hybridized carbons (Fsp3) is 0.250. The maximum Gasteiger partial charge on any atom is 0.137 e. The van der Waals surface area contributed by atoms with Gasteiger partial charge in [0.05, 0.1) is 6.17 Å². The number of hydrogen-bond acceptors (Lipinski definition) is 4. The van der Waals surface area contributed by atoms with Crippen LogP contribution in [0, 0.1) is 22.7 Å². The van der Waals surface area contributed by atoms with E-state index in [4.69, 9.17) is 10.5 Å². The molecule has 0 amide bonds. The quantitative estimate of drug-likeness (QED) is 0.755. The minimum atomic E-state index is 0.166. The highest BCUT2D eigenvalue weighted by atomic mass is 15.2. The summed E-state index contributed by atoms with van der Waals surface area (Å²) in [5.41, 5.74) is 3.02. The van der Waals surface area contributed by atoms with E-state index >= 15 is 0 Å². The Morgan fingerprint density at radius 2 is 1.80 bits per heavy atom. The summed E-state index contributed by atoms with van der Waals surface area (Å²) in [7, 11) is 0. The number of benzene rings is 1. The van der Waals surface area contributed by atoms with Crippen LogP contribution in [0.2, 0.25) is 0 Å². The lowest BCUT2D eigenvalue weighted by atomic mass is 9.82. The molecule has 98 valence electrons. The van der Waals surface area contributed by atoms with E-state index in [2.05, 4.69) is 22.8 Å². The predicted octanol–water partition coefficient (Wildman–Crippen LogP) is 1.66. The van der Waals surface area contributed by atoms with E-state index in [-0.39, 0.29) is 17.7 Å². The van der Waals surface area contributed by atoms with Gasteiger partial charge in [-0.2, -0.15) is 10.5 Å². The van der Waals surface area contributed by atoms with Gasteiger partial charge >= 0.3 is 0 Å². The van der Waals surface area contributed by atoms with Gasteiger partial charge in [0.2, 0.25) is 0 Å². The Labute approximate surface area is 118 Å². The number of rotatable bonds is 1. The summed E-state index contributed by atoms with van der Waals surface area (Å²) < 4.78 is 0. The third-order valence-corrected chi connectivity index (χ3v) is 3.79. The summed E-state index contributed by atoms with van der Waals surface area (Å²) in [5.74, 6) is 0.219. The molecular weight excluding hydrogens is 248 g/mol. The number of allylic oxidation sites excluding steroid dienone is 3. The summed E-state index contributed by atoms with van der Waals surface area (Å²) in [6.07, 6.45) is 4.18. The first kappa shape index (κ1) is 12.6. The van der Waals surface area contributed by atoms with Crippen LogP contribution < -0.4 is 10.6 Å². The van der Waals surface area contributed by atoms with Crippen LogP contribution in [-0.4, -0.2) is 19.3 Å². The van der Waals surface area contributed by atoms with Crippen LogP contribution >= 0.6 is 0 Å². The Morgan fingerprint density at radius 3 is 2.50 bits per heavy atom. The third kappa shape index (κ3) is 2.02. The fourth-order valence-electron chi connectivity index (χ4n) is 2.86. The molecular formula is C16H14N4. The van der Waals surface area contributed by atoms with Gasteiger partial charge in [-0.3, -0.25) is 10.6 Å². The summed E-state index contributed by atoms with van der Waals surface area (Å²) in [6.45, 7) is 1.92. The molecule has 4 heteroatoms. The van der Waals surface area contributed by atoms with Crippen molar-refractivity contribution in [3.63, 3.8) is 0 Å². The smallest absolute Gasteiger partial charge is 0.137 e. The highest BCUT2D eigenvalue weighted by molar-refractivity contribution is 5.85. The van der Waals surface area contributed by atoms with Gasteiger partial charge in [-0.25, -0.2) is 0 Å². The summed E-state index contributed by atoms with van der Waals surface area (Å²) in [4.78, 5) is 0. The van der Waals surface area contributed by atoms with Gasteiger partial charge in [0.1, 0.15) is 17.7 Å². The maximum atomic E-state index is 9.09. The van der Waals surface area contributed by atoms with Crippen LogP contribution in [0.5, 0.6) is 0 Å². The van der Waals surface area contributed by atoms with Crippen molar-refractivity contribution in [1.82, 2.24) is 10.6 Å². The van der Waals surface area contributed by atoms with E-state index in [1.165, 1.54) is 0 Å². The van der Waals surface area contributed by atoms with Crippen molar-refractivity contribution < 1.29 is 0 Å². The van der Waals surface area contributed by atoms with Gasteiger partial charge in [-0.1, -0.05) is 36.4 Å². The Bertz CT molecular complexity index is 650. The summed E-state index contributed by atoms with van der Waals surface area (Å²) >= 11 is 0. The van der Waals surface area contributed by atoms with Crippen molar-refractivity contribution in [2.45, 2.75) is 12.1 Å². The van der Waals surface area contributed by atoms with Gasteiger partial charge in [-0.15, -0.1) is 0 Å². The standard InChI is InChI=1S/C16H14N4/c17-9-11(10-18)12-5-6-15(16-19-7-8-20-16)14-4-2-1-3-13(12)14/h1-6,15-16,19-20H,7-8H2. The lowest BCUT2D eigenvalue weighted by Crippen LogP contribution is -2.37. The highest BCUT2D eigenvalue weighted by Crippen LogP contribution is 2.36. The van der Waals surface area contributed by atoms with Gasteiger partial charge in [0, 0.05) is 24.6 Å². The zero-order valence-corrected chi connectivity index (χ0v) is 10.9. The Kier molecular flexibility index (Phi) is 3.35. The van der Waals surface area contributed by atoms with Crippen molar-refractivity contribution >= 4 is 5.57 Å². The Balaban J connectivity index is 2.11. The van der Waals surface area contributed by atoms with Crippen molar-refractivity contribution in [1.29, 1.82) is 10.5 Å². The molecule has 20 heavy (non-hydrogen) atoms. The molecule has 1 fully saturated rings. The molecule has 1 saturated heterocycles. The number of fused-ring (bicyclic) bond motifs is 1. The van der Waals surface area contributed by atoms with E-state index < -0.39 is 0 Å². The molecule has 1 aliphatic heterocycles. The average Bonchev–Trinajstić information content (AvgIpc) is 3.02. The Morgan fingerprint density at radius 1 is 1.10 bits per heavy atom. The molecule has 0 saturated carbocycles. The number of hydrogen-bond donors (Lipinski definition) is 2. The number of nitrogens with zero attached hydrogens (tertiary/aromatic N) is 2. The molecule has 2 aliphatic rings. The minimum Gasteiger partial charge on any atom is -0.300 e. The summed E-state index contributed by atoms with van der Waals surface area (Å²) in [5, 5.41) is 25.0. The zero-order valence-electron chi connectivity index (χ0n) is 10.9. The monoisotopic (exact) mass is 262 g/mol. The Hall–Kier alpha value is -2.40. The number of nitrogens with one attached hydrogen (secondary N) is 2. The molecule has 1 heterocycles. The molecule has 3 rings (SSSR count). The SMILES string of the molecule is N#CC(C#N)=C1C=CC(C2NCCN2)c2ccccc21. The first-order valence-electron chi connectivity index (χ1n) is 6.64. The first-order chi connectivity index (χ1) is 9.85. The highest BCUT2D eigenvalue weighted by Gasteiger charge is 2.28. The van der Waals surface area contributed by atoms with Gasteiger partial charge in [0.25, 0.3) is 0 Å². The molecule has 1 aromatic rings. The second kappa shape index (κ2) is 5.30. The second-order valence-electron chi connectivity index (χ2n) is 4.87. The lowest BCUT2D eigenvalue weighted by Gasteiger charge is -2.27. The zero-order chi connectivity index (χ0) is 13.9. The normalized spacial score (nSPS) is 21.1. The van der Waals surface area contributed by atoms with Gasteiger partial charge < -0.3 is 0 Å².